The molecule has 2 aromatic rings. The molecule has 8 heteroatoms. The molecule has 2 amide bonds. The second kappa shape index (κ2) is 10.0. The lowest BCUT2D eigenvalue weighted by molar-refractivity contribution is -0.137. The maximum Gasteiger partial charge on any atom is 0.416 e. The van der Waals surface area contributed by atoms with Crippen molar-refractivity contribution in [1.29, 1.82) is 0 Å². The highest BCUT2D eigenvalue weighted by Gasteiger charge is 2.31. The van der Waals surface area contributed by atoms with Gasteiger partial charge in [0.1, 0.15) is 0 Å². The van der Waals surface area contributed by atoms with Crippen LogP contribution in [-0.2, 0) is 12.7 Å². The van der Waals surface area contributed by atoms with Gasteiger partial charge in [-0.3, -0.25) is 4.90 Å². The molecule has 2 aliphatic heterocycles. The van der Waals surface area contributed by atoms with Gasteiger partial charge in [0.25, 0.3) is 0 Å². The van der Waals surface area contributed by atoms with Crippen LogP contribution in [0.15, 0.2) is 48.5 Å². The van der Waals surface area contributed by atoms with E-state index in [1.165, 1.54) is 36.2 Å². The zero-order valence-corrected chi connectivity index (χ0v) is 18.9. The molecular formula is C25H31F3N4O. The summed E-state index contributed by atoms with van der Waals surface area (Å²) in [4.78, 5) is 19.1. The summed E-state index contributed by atoms with van der Waals surface area (Å²) in [6.07, 6.45) is -2.00. The van der Waals surface area contributed by atoms with Gasteiger partial charge in [0, 0.05) is 57.2 Å². The molecule has 2 saturated heterocycles. The van der Waals surface area contributed by atoms with E-state index in [2.05, 4.69) is 46.3 Å². The molecule has 178 valence electrons. The summed E-state index contributed by atoms with van der Waals surface area (Å²) in [7, 11) is 0. The number of carbonyl (C=O) groups is 1. The largest absolute Gasteiger partial charge is 0.416 e. The number of piperidine rings is 1. The minimum absolute atomic E-state index is 0.155. The SMILES string of the molecule is CC1CCN(c2ccccc2CN2CCN(C(=O)Nc3cccc(C(F)(F)F)c3)CC2)CC1. The van der Waals surface area contributed by atoms with Crippen molar-refractivity contribution in [3.8, 4) is 0 Å². The number of nitrogens with one attached hydrogen (secondary N) is 1. The third kappa shape index (κ3) is 5.99. The maximum atomic E-state index is 12.9. The fourth-order valence-corrected chi connectivity index (χ4v) is 4.53. The Bertz CT molecular complexity index is 949. The van der Waals surface area contributed by atoms with Crippen LogP contribution >= 0.6 is 0 Å². The van der Waals surface area contributed by atoms with Crippen molar-refractivity contribution in [2.75, 3.05) is 49.5 Å². The van der Waals surface area contributed by atoms with Gasteiger partial charge >= 0.3 is 12.2 Å². The number of alkyl halides is 3. The highest BCUT2D eigenvalue weighted by atomic mass is 19.4. The number of halogens is 3. The molecule has 0 bridgehead atoms. The Balaban J connectivity index is 1.31. The molecule has 5 nitrogen and oxygen atoms in total. The summed E-state index contributed by atoms with van der Waals surface area (Å²) in [5, 5.41) is 2.61. The fraction of sp³-hybridized carbons (Fsp3) is 0.480. The first-order chi connectivity index (χ1) is 15.8. The molecule has 0 aliphatic carbocycles. The number of carbonyl (C=O) groups excluding carboxylic acids is 1. The molecule has 2 fully saturated rings. The lowest BCUT2D eigenvalue weighted by Gasteiger charge is -2.37. The summed E-state index contributed by atoms with van der Waals surface area (Å²) in [6.45, 7) is 7.83. The molecule has 4 rings (SSSR count). The molecule has 2 aliphatic rings. The molecule has 0 unspecified atom stereocenters. The van der Waals surface area contributed by atoms with Crippen LogP contribution in [0.4, 0.5) is 29.3 Å². The molecule has 0 spiro atoms. The third-order valence-electron chi connectivity index (χ3n) is 6.61. The van der Waals surface area contributed by atoms with E-state index in [0.29, 0.717) is 13.1 Å². The summed E-state index contributed by atoms with van der Waals surface area (Å²) < 4.78 is 38.7. The van der Waals surface area contributed by atoms with E-state index in [1.807, 2.05) is 0 Å². The van der Waals surface area contributed by atoms with Gasteiger partial charge in [0.2, 0.25) is 0 Å². The molecule has 2 heterocycles. The molecule has 0 radical (unpaired) electrons. The number of nitrogens with zero attached hydrogens (tertiary/aromatic N) is 3. The number of piperazine rings is 1. The topological polar surface area (TPSA) is 38.8 Å². The number of urea groups is 1. The highest BCUT2D eigenvalue weighted by molar-refractivity contribution is 5.89. The van der Waals surface area contributed by atoms with Gasteiger partial charge in [-0.05, 0) is 48.6 Å². The smallest absolute Gasteiger partial charge is 0.371 e. The van der Waals surface area contributed by atoms with Crippen molar-refractivity contribution >= 4 is 17.4 Å². The van der Waals surface area contributed by atoms with E-state index in [0.717, 1.165) is 50.8 Å². The van der Waals surface area contributed by atoms with Gasteiger partial charge in [-0.1, -0.05) is 31.2 Å². The Morgan fingerprint density at radius 2 is 1.67 bits per heavy atom. The van der Waals surface area contributed by atoms with Crippen molar-refractivity contribution in [1.82, 2.24) is 9.80 Å². The van der Waals surface area contributed by atoms with E-state index in [4.69, 9.17) is 0 Å². The van der Waals surface area contributed by atoms with E-state index < -0.39 is 11.7 Å². The number of rotatable bonds is 4. The van der Waals surface area contributed by atoms with E-state index in [1.54, 1.807) is 4.90 Å². The second-order valence-corrected chi connectivity index (χ2v) is 9.07. The Morgan fingerprint density at radius 1 is 0.970 bits per heavy atom. The van der Waals surface area contributed by atoms with Crippen LogP contribution < -0.4 is 10.2 Å². The van der Waals surface area contributed by atoms with Crippen LogP contribution in [0.25, 0.3) is 0 Å². The lowest BCUT2D eigenvalue weighted by Crippen LogP contribution is -2.49. The van der Waals surface area contributed by atoms with Crippen molar-refractivity contribution < 1.29 is 18.0 Å². The quantitative estimate of drug-likeness (QED) is 0.674. The van der Waals surface area contributed by atoms with E-state index >= 15 is 0 Å². The number of hydrogen-bond donors (Lipinski definition) is 1. The van der Waals surface area contributed by atoms with Gasteiger partial charge in [0.15, 0.2) is 0 Å². The van der Waals surface area contributed by atoms with Crippen molar-refractivity contribution in [3.63, 3.8) is 0 Å². The minimum atomic E-state index is -4.44. The average molecular weight is 461 g/mol. The number of benzene rings is 2. The number of para-hydroxylation sites is 1. The van der Waals surface area contributed by atoms with Crippen LogP contribution in [0, 0.1) is 5.92 Å². The second-order valence-electron chi connectivity index (χ2n) is 9.07. The minimum Gasteiger partial charge on any atom is -0.371 e. The third-order valence-corrected chi connectivity index (χ3v) is 6.61. The van der Waals surface area contributed by atoms with Gasteiger partial charge in [0.05, 0.1) is 5.56 Å². The maximum absolute atomic E-state index is 12.9. The number of hydrogen-bond acceptors (Lipinski definition) is 3. The molecule has 0 atom stereocenters. The monoisotopic (exact) mass is 460 g/mol. The Labute approximate surface area is 193 Å². The predicted molar refractivity (Wildman–Crippen MR) is 124 cm³/mol. The first-order valence-corrected chi connectivity index (χ1v) is 11.6. The molecular weight excluding hydrogens is 429 g/mol. The highest BCUT2D eigenvalue weighted by Crippen LogP contribution is 2.31. The summed E-state index contributed by atoms with van der Waals surface area (Å²) >= 11 is 0. The van der Waals surface area contributed by atoms with Gasteiger partial charge in [-0.2, -0.15) is 13.2 Å². The van der Waals surface area contributed by atoms with Crippen LogP contribution in [-0.4, -0.2) is 55.1 Å². The molecule has 0 saturated carbocycles. The molecule has 2 aromatic carbocycles. The Hall–Kier alpha value is -2.74. The summed E-state index contributed by atoms with van der Waals surface area (Å²) in [6, 6.07) is 12.9. The van der Waals surface area contributed by atoms with Gasteiger partial charge in [-0.15, -0.1) is 0 Å². The zero-order valence-electron chi connectivity index (χ0n) is 18.9. The number of anilines is 2. The van der Waals surface area contributed by atoms with Crippen LogP contribution in [0.5, 0.6) is 0 Å². The molecule has 0 aromatic heterocycles. The van der Waals surface area contributed by atoms with Gasteiger partial charge < -0.3 is 15.1 Å². The summed E-state index contributed by atoms with van der Waals surface area (Å²) in [5.41, 5.74) is 1.98. The van der Waals surface area contributed by atoms with E-state index in [-0.39, 0.29) is 11.7 Å². The van der Waals surface area contributed by atoms with Crippen molar-refractivity contribution in [2.45, 2.75) is 32.5 Å². The zero-order chi connectivity index (χ0) is 23.4. The first-order valence-electron chi connectivity index (χ1n) is 11.6. The Morgan fingerprint density at radius 3 is 2.36 bits per heavy atom. The Kier molecular flexibility index (Phi) is 7.12. The average Bonchev–Trinajstić information content (AvgIpc) is 2.80. The van der Waals surface area contributed by atoms with Gasteiger partial charge in [-0.25, -0.2) is 4.79 Å². The normalized spacial score (nSPS) is 18.4. The van der Waals surface area contributed by atoms with Crippen molar-refractivity contribution in [2.24, 2.45) is 5.92 Å². The molecule has 33 heavy (non-hydrogen) atoms. The molecule has 1 N–H and O–H groups in total. The first kappa shape index (κ1) is 23.4. The van der Waals surface area contributed by atoms with Crippen LogP contribution in [0.3, 0.4) is 0 Å². The van der Waals surface area contributed by atoms with Crippen molar-refractivity contribution in [3.05, 3.63) is 59.7 Å². The number of amides is 2. The standard InChI is InChI=1S/C25H31F3N4O/c1-19-9-11-31(12-10-19)23-8-3-2-5-20(23)18-30-13-15-32(16-14-30)24(33)29-22-7-4-6-21(17-22)25(26,27)28/h2-8,17,19H,9-16,18H2,1H3,(H,29,33). The van der Waals surface area contributed by atoms with E-state index in [9.17, 15) is 18.0 Å². The predicted octanol–water partition coefficient (Wildman–Crippen LogP) is 5.29. The summed E-state index contributed by atoms with van der Waals surface area (Å²) in [5.74, 6) is 0.781. The van der Waals surface area contributed by atoms with Crippen LogP contribution in [0.2, 0.25) is 0 Å². The van der Waals surface area contributed by atoms with Crippen LogP contribution in [0.1, 0.15) is 30.9 Å². The lowest BCUT2D eigenvalue weighted by atomic mass is 9.98. The fourth-order valence-electron chi connectivity index (χ4n) is 4.53.